The molecule has 1 aromatic carbocycles. The number of amides is 1. The average Bonchev–Trinajstić information content (AvgIpc) is 3.07. The van der Waals surface area contributed by atoms with E-state index in [-0.39, 0.29) is 30.0 Å². The predicted molar refractivity (Wildman–Crippen MR) is 147 cm³/mol. The number of aliphatic hydroxyl groups excluding tert-OH is 1. The van der Waals surface area contributed by atoms with Crippen molar-refractivity contribution < 1.29 is 9.90 Å². The fraction of sp³-hybridized carbons (Fsp3) is 0.520. The third-order valence-electron chi connectivity index (χ3n) is 7.37. The summed E-state index contributed by atoms with van der Waals surface area (Å²) in [5.74, 6) is 0.634. The highest BCUT2D eigenvalue weighted by Gasteiger charge is 2.30. The summed E-state index contributed by atoms with van der Waals surface area (Å²) in [4.78, 5) is 25.9. The summed E-state index contributed by atoms with van der Waals surface area (Å²) in [7, 11) is 0. The molecule has 2 atom stereocenters. The summed E-state index contributed by atoms with van der Waals surface area (Å²) in [6.45, 7) is 0. The van der Waals surface area contributed by atoms with E-state index in [1.54, 1.807) is 18.3 Å². The Morgan fingerprint density at radius 1 is 1.03 bits per heavy atom. The fourth-order valence-electron chi connectivity index (χ4n) is 5.43. The number of hydrogen-bond acceptors (Lipinski definition) is 7. The summed E-state index contributed by atoms with van der Waals surface area (Å²) >= 11 is 19.0. The topological polar surface area (TPSA) is 131 Å². The van der Waals surface area contributed by atoms with Gasteiger partial charge in [-0.2, -0.15) is 4.98 Å². The number of benzene rings is 1. The second kappa shape index (κ2) is 11.2. The van der Waals surface area contributed by atoms with Gasteiger partial charge in [-0.05, 0) is 57.1 Å². The third kappa shape index (κ3) is 5.90. The van der Waals surface area contributed by atoms with Crippen molar-refractivity contribution in [2.75, 3.05) is 10.6 Å². The minimum Gasteiger partial charge on any atom is -0.393 e. The number of carbonyl (C=O) groups is 1. The Kier molecular flexibility index (Phi) is 7.95. The van der Waals surface area contributed by atoms with E-state index in [2.05, 4.69) is 15.6 Å². The van der Waals surface area contributed by atoms with E-state index in [1.807, 2.05) is 4.57 Å². The van der Waals surface area contributed by atoms with Gasteiger partial charge in [0.2, 0.25) is 17.8 Å². The lowest BCUT2D eigenvalue weighted by atomic mass is 9.85. The number of primary amides is 1. The van der Waals surface area contributed by atoms with Crippen molar-refractivity contribution in [1.29, 1.82) is 0 Å². The van der Waals surface area contributed by atoms with Crippen LogP contribution in [-0.4, -0.2) is 42.7 Å². The normalized spacial score (nSPS) is 24.5. The van der Waals surface area contributed by atoms with Crippen LogP contribution in [0.2, 0.25) is 15.1 Å². The van der Waals surface area contributed by atoms with Crippen LogP contribution in [0, 0.1) is 5.92 Å². The van der Waals surface area contributed by atoms with E-state index in [0.717, 1.165) is 38.5 Å². The molecule has 198 valence electrons. The van der Waals surface area contributed by atoms with Crippen molar-refractivity contribution >= 4 is 69.5 Å². The Labute approximate surface area is 230 Å². The lowest BCUT2D eigenvalue weighted by Crippen LogP contribution is -2.29. The Balaban J connectivity index is 1.51. The summed E-state index contributed by atoms with van der Waals surface area (Å²) in [6, 6.07) is 3.37. The maximum absolute atomic E-state index is 11.8. The van der Waals surface area contributed by atoms with Gasteiger partial charge in [-0.1, -0.05) is 47.6 Å². The van der Waals surface area contributed by atoms with Gasteiger partial charge in [-0.15, -0.1) is 0 Å². The molecule has 37 heavy (non-hydrogen) atoms. The zero-order valence-electron chi connectivity index (χ0n) is 20.3. The molecule has 3 aromatic rings. The predicted octanol–water partition coefficient (Wildman–Crippen LogP) is 5.85. The van der Waals surface area contributed by atoms with Crippen LogP contribution in [0.25, 0.3) is 11.2 Å². The molecule has 0 spiro atoms. The SMILES string of the molecule is NC(=O)[C@H]1CC[C@@H](n2c(Nc3c(Cl)cc(Cl)cc3Cl)nc3cnc(N[C@@H]4CCCC[C@H](O)C4)nc32)CC1. The van der Waals surface area contributed by atoms with Gasteiger partial charge in [0.1, 0.15) is 5.52 Å². The molecule has 2 aliphatic carbocycles. The lowest BCUT2D eigenvalue weighted by Gasteiger charge is -2.29. The molecule has 12 heteroatoms. The third-order valence-corrected chi connectivity index (χ3v) is 8.18. The Morgan fingerprint density at radius 3 is 2.43 bits per heavy atom. The Bertz CT molecular complexity index is 1270. The van der Waals surface area contributed by atoms with E-state index in [4.69, 9.17) is 50.5 Å². The van der Waals surface area contributed by atoms with Gasteiger partial charge in [0.25, 0.3) is 0 Å². The monoisotopic (exact) mass is 565 g/mol. The average molecular weight is 567 g/mol. The second-order valence-corrected chi connectivity index (χ2v) is 11.3. The molecule has 1 amide bonds. The van der Waals surface area contributed by atoms with Crippen LogP contribution >= 0.6 is 34.8 Å². The summed E-state index contributed by atoms with van der Waals surface area (Å²) in [6.07, 6.45) is 8.76. The zero-order chi connectivity index (χ0) is 26.1. The molecule has 9 nitrogen and oxygen atoms in total. The van der Waals surface area contributed by atoms with E-state index in [1.165, 1.54) is 0 Å². The number of imidazole rings is 1. The summed E-state index contributed by atoms with van der Waals surface area (Å²) in [5, 5.41) is 18.1. The highest BCUT2D eigenvalue weighted by molar-refractivity contribution is 6.41. The number of anilines is 3. The van der Waals surface area contributed by atoms with Crippen LogP contribution in [0.4, 0.5) is 17.6 Å². The maximum Gasteiger partial charge on any atom is 0.224 e. The molecule has 0 aliphatic heterocycles. The number of rotatable bonds is 6. The fourth-order valence-corrected chi connectivity index (χ4v) is 6.35. The van der Waals surface area contributed by atoms with E-state index >= 15 is 0 Å². The number of nitrogens with two attached hydrogens (primary N) is 1. The van der Waals surface area contributed by atoms with Crippen LogP contribution < -0.4 is 16.4 Å². The molecule has 2 aromatic heterocycles. The Hall–Kier alpha value is -2.33. The molecule has 5 N–H and O–H groups in total. The summed E-state index contributed by atoms with van der Waals surface area (Å²) in [5.41, 5.74) is 7.35. The lowest BCUT2D eigenvalue weighted by molar-refractivity contribution is -0.122. The quantitative estimate of drug-likeness (QED) is 0.275. The molecular weight excluding hydrogens is 537 g/mol. The highest BCUT2D eigenvalue weighted by atomic mass is 35.5. The molecule has 2 saturated carbocycles. The first-order valence-corrected chi connectivity index (χ1v) is 13.8. The van der Waals surface area contributed by atoms with Crippen molar-refractivity contribution in [3.05, 3.63) is 33.4 Å². The van der Waals surface area contributed by atoms with Crippen LogP contribution in [0.5, 0.6) is 0 Å². The van der Waals surface area contributed by atoms with E-state index in [0.29, 0.717) is 63.1 Å². The Morgan fingerprint density at radius 2 is 1.73 bits per heavy atom. The van der Waals surface area contributed by atoms with E-state index in [9.17, 15) is 9.90 Å². The molecule has 5 rings (SSSR count). The minimum absolute atomic E-state index is 0.0374. The first-order valence-electron chi connectivity index (χ1n) is 12.7. The van der Waals surface area contributed by atoms with Gasteiger partial charge in [-0.3, -0.25) is 9.36 Å². The molecule has 0 bridgehead atoms. The second-order valence-electron chi connectivity index (χ2n) is 10.0. The number of nitrogens with one attached hydrogen (secondary N) is 2. The number of carbonyl (C=O) groups excluding carboxylic acids is 1. The first kappa shape index (κ1) is 26.3. The molecule has 2 heterocycles. The molecular formula is C25H30Cl3N7O2. The largest absolute Gasteiger partial charge is 0.393 e. The molecule has 0 radical (unpaired) electrons. The van der Waals surface area contributed by atoms with Crippen molar-refractivity contribution in [1.82, 2.24) is 19.5 Å². The van der Waals surface area contributed by atoms with Crippen LogP contribution in [-0.2, 0) is 4.79 Å². The van der Waals surface area contributed by atoms with Crippen molar-refractivity contribution in [2.45, 2.75) is 76.0 Å². The van der Waals surface area contributed by atoms with Gasteiger partial charge in [-0.25, -0.2) is 9.97 Å². The van der Waals surface area contributed by atoms with Crippen LogP contribution in [0.15, 0.2) is 18.3 Å². The number of hydrogen-bond donors (Lipinski definition) is 4. The highest BCUT2D eigenvalue weighted by Crippen LogP contribution is 2.40. The molecule has 2 aliphatic rings. The minimum atomic E-state index is -0.320. The number of fused-ring (bicyclic) bond motifs is 1. The molecule has 0 saturated heterocycles. The molecule has 2 fully saturated rings. The zero-order valence-corrected chi connectivity index (χ0v) is 22.5. The van der Waals surface area contributed by atoms with Gasteiger partial charge < -0.3 is 21.5 Å². The van der Waals surface area contributed by atoms with Gasteiger partial charge >= 0.3 is 0 Å². The van der Waals surface area contributed by atoms with Crippen molar-refractivity contribution in [3.8, 4) is 0 Å². The van der Waals surface area contributed by atoms with Crippen molar-refractivity contribution in [2.24, 2.45) is 11.7 Å². The number of aromatic nitrogens is 4. The maximum atomic E-state index is 11.8. The number of aliphatic hydroxyl groups is 1. The number of halogens is 3. The van der Waals surface area contributed by atoms with Gasteiger partial charge in [0.05, 0.1) is 28.0 Å². The first-order chi connectivity index (χ1) is 17.8. The smallest absolute Gasteiger partial charge is 0.224 e. The summed E-state index contributed by atoms with van der Waals surface area (Å²) < 4.78 is 2.04. The number of nitrogens with zero attached hydrogens (tertiary/aromatic N) is 4. The van der Waals surface area contributed by atoms with E-state index < -0.39 is 0 Å². The van der Waals surface area contributed by atoms with Crippen molar-refractivity contribution in [3.63, 3.8) is 0 Å². The van der Waals surface area contributed by atoms with Crippen LogP contribution in [0.1, 0.15) is 63.8 Å². The standard InChI is InChI=1S/C25H30Cl3N7O2/c26-14-9-18(27)21(19(28)10-14)33-25-32-20-12-30-24(31-15-3-1-2-4-17(36)11-15)34-23(20)35(25)16-7-5-13(6-8-16)22(29)37/h9-10,12-13,15-17,36H,1-8,11H2,(H2,29,37)(H,32,33)(H,30,31,34)/t13-,15-,16+,17+/m1/s1. The van der Waals surface area contributed by atoms with Crippen LogP contribution in [0.3, 0.4) is 0 Å². The van der Waals surface area contributed by atoms with Gasteiger partial charge in [0.15, 0.2) is 5.65 Å². The van der Waals surface area contributed by atoms with Gasteiger partial charge in [0, 0.05) is 23.0 Å². The molecule has 0 unspecified atom stereocenters.